The SMILES string of the molecule is O=C(c1ccccc1)[C@@H]1[C@H](c2ccc(Cl)cc2)[C@@H](C(=O)NCCc2ccccc2)N2C=CC=C[C@@H]12. The Morgan fingerprint density at radius 1 is 0.857 bits per heavy atom. The van der Waals surface area contributed by atoms with Crippen LogP contribution < -0.4 is 5.32 Å². The largest absolute Gasteiger partial charge is 0.358 e. The molecular formula is C30H27ClN2O2. The van der Waals surface area contributed by atoms with Crippen LogP contribution in [0.3, 0.4) is 0 Å². The second-order valence-electron chi connectivity index (χ2n) is 8.97. The van der Waals surface area contributed by atoms with E-state index in [0.717, 1.165) is 12.0 Å². The maximum absolute atomic E-state index is 13.9. The van der Waals surface area contributed by atoms with Crippen LogP contribution in [-0.4, -0.2) is 35.2 Å². The maximum Gasteiger partial charge on any atom is 0.243 e. The van der Waals surface area contributed by atoms with Crippen molar-refractivity contribution in [2.75, 3.05) is 6.54 Å². The molecule has 1 saturated heterocycles. The Hall–Kier alpha value is -3.63. The van der Waals surface area contributed by atoms with Gasteiger partial charge >= 0.3 is 0 Å². The zero-order valence-corrected chi connectivity index (χ0v) is 20.0. The van der Waals surface area contributed by atoms with Crippen LogP contribution in [0, 0.1) is 5.92 Å². The summed E-state index contributed by atoms with van der Waals surface area (Å²) in [6.07, 6.45) is 8.60. The molecule has 0 aliphatic carbocycles. The zero-order chi connectivity index (χ0) is 24.2. The van der Waals surface area contributed by atoms with Crippen molar-refractivity contribution >= 4 is 23.3 Å². The summed E-state index contributed by atoms with van der Waals surface area (Å²) in [5, 5.41) is 3.76. The van der Waals surface area contributed by atoms with Crippen LogP contribution in [0.5, 0.6) is 0 Å². The molecule has 3 aromatic carbocycles. The van der Waals surface area contributed by atoms with Gasteiger partial charge in [0.1, 0.15) is 6.04 Å². The fourth-order valence-electron chi connectivity index (χ4n) is 5.27. The first-order valence-corrected chi connectivity index (χ1v) is 12.3. The van der Waals surface area contributed by atoms with Crippen LogP contribution >= 0.6 is 11.6 Å². The van der Waals surface area contributed by atoms with Crippen molar-refractivity contribution < 1.29 is 9.59 Å². The van der Waals surface area contributed by atoms with Crippen LogP contribution in [0.1, 0.15) is 27.4 Å². The molecule has 0 spiro atoms. The summed E-state index contributed by atoms with van der Waals surface area (Å²) in [5.41, 5.74) is 2.76. The van der Waals surface area contributed by atoms with Crippen LogP contribution in [0.4, 0.5) is 0 Å². The Kier molecular flexibility index (Phi) is 6.82. The van der Waals surface area contributed by atoms with E-state index in [1.54, 1.807) is 0 Å². The van der Waals surface area contributed by atoms with E-state index >= 15 is 0 Å². The van der Waals surface area contributed by atoms with Crippen molar-refractivity contribution in [1.82, 2.24) is 10.2 Å². The first kappa shape index (κ1) is 23.1. The molecule has 1 fully saturated rings. The Labute approximate surface area is 210 Å². The van der Waals surface area contributed by atoms with Crippen LogP contribution in [0.15, 0.2) is 109 Å². The zero-order valence-electron chi connectivity index (χ0n) is 19.3. The average molecular weight is 483 g/mol. The lowest BCUT2D eigenvalue weighted by Crippen LogP contribution is -2.46. The number of amides is 1. The van der Waals surface area contributed by atoms with Crippen molar-refractivity contribution in [2.24, 2.45) is 5.92 Å². The molecule has 1 N–H and O–H groups in total. The number of benzene rings is 3. The molecule has 0 radical (unpaired) electrons. The van der Waals surface area contributed by atoms with Gasteiger partial charge in [-0.3, -0.25) is 9.59 Å². The fraction of sp³-hybridized carbons (Fsp3) is 0.200. The molecule has 0 aromatic heterocycles. The Morgan fingerprint density at radius 2 is 1.54 bits per heavy atom. The third-order valence-electron chi connectivity index (χ3n) is 6.88. The van der Waals surface area contributed by atoms with E-state index in [-0.39, 0.29) is 23.7 Å². The summed E-state index contributed by atoms with van der Waals surface area (Å²) in [6, 6.07) is 26.3. The molecule has 176 valence electrons. The smallest absolute Gasteiger partial charge is 0.243 e. The van der Waals surface area contributed by atoms with E-state index in [0.29, 0.717) is 17.1 Å². The van der Waals surface area contributed by atoms with Gasteiger partial charge < -0.3 is 10.2 Å². The molecule has 35 heavy (non-hydrogen) atoms. The third kappa shape index (κ3) is 4.80. The quantitative estimate of drug-likeness (QED) is 0.457. The first-order valence-electron chi connectivity index (χ1n) is 11.9. The number of nitrogens with zero attached hydrogens (tertiary/aromatic N) is 1. The highest BCUT2D eigenvalue weighted by Gasteiger charge is 2.53. The van der Waals surface area contributed by atoms with Crippen molar-refractivity contribution in [3.63, 3.8) is 0 Å². The third-order valence-corrected chi connectivity index (χ3v) is 7.13. The number of carbonyl (C=O) groups is 2. The molecule has 2 aliphatic heterocycles. The Bertz CT molecular complexity index is 1240. The molecule has 0 saturated carbocycles. The molecule has 0 bridgehead atoms. The predicted octanol–water partition coefficient (Wildman–Crippen LogP) is 5.42. The van der Waals surface area contributed by atoms with E-state index in [9.17, 15) is 9.59 Å². The van der Waals surface area contributed by atoms with Gasteiger partial charge in [0.05, 0.1) is 12.0 Å². The minimum atomic E-state index is -0.518. The number of nitrogens with one attached hydrogen (secondary N) is 1. The van der Waals surface area contributed by atoms with Gasteiger partial charge in [-0.1, -0.05) is 96.5 Å². The number of allylic oxidation sites excluding steroid dienone is 2. The van der Waals surface area contributed by atoms with Gasteiger partial charge in [0.2, 0.25) is 5.91 Å². The number of Topliss-reactive ketones (excluding diaryl/α,β-unsaturated/α-hetero) is 1. The maximum atomic E-state index is 13.9. The number of fused-ring (bicyclic) bond motifs is 1. The van der Waals surface area contributed by atoms with Gasteiger partial charge in [-0.15, -0.1) is 0 Å². The van der Waals surface area contributed by atoms with E-state index in [4.69, 9.17) is 11.6 Å². The molecule has 2 aliphatic rings. The number of hydrogen-bond acceptors (Lipinski definition) is 3. The minimum Gasteiger partial charge on any atom is -0.358 e. The van der Waals surface area contributed by atoms with Crippen LogP contribution in [-0.2, 0) is 11.2 Å². The standard InChI is InChI=1S/C30H27ClN2O2/c31-24-16-14-22(15-17-24)26-27(29(34)23-11-5-2-6-12-23)25-13-7-8-20-33(25)28(26)30(35)32-19-18-21-9-3-1-4-10-21/h1-17,20,25-28H,18-19H2,(H,32,35)/t25-,26-,27-,28-/m0/s1. The summed E-state index contributed by atoms with van der Waals surface area (Å²) in [4.78, 5) is 29.6. The summed E-state index contributed by atoms with van der Waals surface area (Å²) < 4.78 is 0. The van der Waals surface area contributed by atoms with Crippen molar-refractivity contribution in [2.45, 2.75) is 24.4 Å². The molecule has 3 aromatic rings. The highest BCUT2D eigenvalue weighted by Crippen LogP contribution is 2.46. The van der Waals surface area contributed by atoms with Gasteiger partial charge in [-0.2, -0.15) is 0 Å². The molecule has 1 amide bonds. The molecular weight excluding hydrogens is 456 g/mol. The molecule has 4 atom stereocenters. The first-order chi connectivity index (χ1) is 17.1. The molecule has 2 heterocycles. The second kappa shape index (κ2) is 10.3. The summed E-state index contributed by atoms with van der Waals surface area (Å²) >= 11 is 6.18. The summed E-state index contributed by atoms with van der Waals surface area (Å²) in [6.45, 7) is 0.530. The van der Waals surface area contributed by atoms with Crippen LogP contribution in [0.25, 0.3) is 0 Å². The van der Waals surface area contributed by atoms with E-state index in [1.165, 1.54) is 5.56 Å². The monoisotopic (exact) mass is 482 g/mol. The molecule has 4 nitrogen and oxygen atoms in total. The lowest BCUT2D eigenvalue weighted by atomic mass is 9.77. The minimum absolute atomic E-state index is 0.0417. The summed E-state index contributed by atoms with van der Waals surface area (Å²) in [5.74, 6) is -0.770. The number of carbonyl (C=O) groups excluding carboxylic acids is 2. The van der Waals surface area contributed by atoms with Crippen LogP contribution in [0.2, 0.25) is 5.02 Å². The number of hydrogen-bond donors (Lipinski definition) is 1. The molecule has 5 rings (SSSR count). The highest BCUT2D eigenvalue weighted by molar-refractivity contribution is 6.30. The normalized spacial score (nSPS) is 22.6. The van der Waals surface area contributed by atoms with E-state index in [1.807, 2.05) is 102 Å². The van der Waals surface area contributed by atoms with Gasteiger partial charge in [-0.25, -0.2) is 0 Å². The predicted molar refractivity (Wildman–Crippen MR) is 139 cm³/mol. The lowest BCUT2D eigenvalue weighted by Gasteiger charge is -2.30. The average Bonchev–Trinajstić information content (AvgIpc) is 3.25. The van der Waals surface area contributed by atoms with Crippen molar-refractivity contribution in [3.8, 4) is 0 Å². The topological polar surface area (TPSA) is 49.4 Å². The number of halogens is 1. The number of ketones is 1. The van der Waals surface area contributed by atoms with Gasteiger partial charge in [0.25, 0.3) is 0 Å². The lowest BCUT2D eigenvalue weighted by molar-refractivity contribution is -0.125. The Morgan fingerprint density at radius 3 is 2.26 bits per heavy atom. The van der Waals surface area contributed by atoms with Gasteiger partial charge in [0.15, 0.2) is 5.78 Å². The van der Waals surface area contributed by atoms with E-state index in [2.05, 4.69) is 17.4 Å². The van der Waals surface area contributed by atoms with Gasteiger partial charge in [0, 0.05) is 29.2 Å². The second-order valence-corrected chi connectivity index (χ2v) is 9.41. The van der Waals surface area contributed by atoms with Gasteiger partial charge in [-0.05, 0) is 35.8 Å². The number of rotatable bonds is 7. The fourth-order valence-corrected chi connectivity index (χ4v) is 5.39. The molecule has 5 heteroatoms. The van der Waals surface area contributed by atoms with Crippen molar-refractivity contribution in [1.29, 1.82) is 0 Å². The highest BCUT2D eigenvalue weighted by atomic mass is 35.5. The van der Waals surface area contributed by atoms with Crippen molar-refractivity contribution in [3.05, 3.63) is 131 Å². The molecule has 0 unspecified atom stereocenters. The Balaban J connectivity index is 1.49. The summed E-state index contributed by atoms with van der Waals surface area (Å²) in [7, 11) is 0. The van der Waals surface area contributed by atoms with E-state index < -0.39 is 12.0 Å².